The number of nitrogens with one attached hydrogen (secondary N) is 1. The zero-order chi connectivity index (χ0) is 14.4. The largest absolute Gasteiger partial charge is 0.369 e. The maximum Gasteiger partial charge on any atom is 0.170 e. The molecule has 1 saturated heterocycles. The van der Waals surface area contributed by atoms with Gasteiger partial charge in [-0.15, -0.1) is 5.11 Å². The van der Waals surface area contributed by atoms with Crippen molar-refractivity contribution in [2.75, 3.05) is 38.1 Å². The van der Waals surface area contributed by atoms with E-state index in [1.165, 1.54) is 11.3 Å². The van der Waals surface area contributed by atoms with Crippen LogP contribution < -0.4 is 10.7 Å². The fraction of sp³-hybridized carbons (Fsp3) is 0.500. The summed E-state index contributed by atoms with van der Waals surface area (Å²) < 4.78 is 0. The first-order valence-corrected chi connectivity index (χ1v) is 6.90. The Bertz CT molecular complexity index is 476. The maximum atomic E-state index is 7.00. The van der Waals surface area contributed by atoms with Gasteiger partial charge in [0.05, 0.1) is 0 Å². The lowest BCUT2D eigenvalue weighted by Crippen LogP contribution is -2.44. The molecule has 1 heterocycles. The van der Waals surface area contributed by atoms with Gasteiger partial charge in [-0.05, 0) is 25.1 Å². The van der Waals surface area contributed by atoms with E-state index in [0.717, 1.165) is 32.6 Å². The highest BCUT2D eigenvalue weighted by molar-refractivity contribution is 5.82. The Morgan fingerprint density at radius 3 is 2.60 bits per heavy atom. The Morgan fingerprint density at radius 2 is 1.95 bits per heavy atom. The van der Waals surface area contributed by atoms with Crippen LogP contribution in [0.3, 0.4) is 0 Å². The number of rotatable bonds is 4. The highest BCUT2D eigenvalue weighted by Gasteiger charge is 2.16. The number of benzene rings is 1. The van der Waals surface area contributed by atoms with E-state index in [0.29, 0.717) is 12.3 Å². The Kier molecular flexibility index (Phi) is 5.06. The van der Waals surface area contributed by atoms with Crippen molar-refractivity contribution in [3.05, 3.63) is 29.8 Å². The molecule has 0 spiro atoms. The molecule has 0 aliphatic carbocycles. The van der Waals surface area contributed by atoms with Crippen molar-refractivity contribution >= 4 is 11.5 Å². The summed E-state index contributed by atoms with van der Waals surface area (Å²) >= 11 is 0. The number of para-hydroxylation sites is 1. The first kappa shape index (κ1) is 14.5. The molecular weight excluding hydrogens is 252 g/mol. The highest BCUT2D eigenvalue weighted by atomic mass is 15.2. The van der Waals surface area contributed by atoms with E-state index in [9.17, 15) is 0 Å². The van der Waals surface area contributed by atoms with Crippen molar-refractivity contribution in [3.63, 3.8) is 0 Å². The lowest BCUT2D eigenvalue weighted by Gasteiger charge is -2.35. The summed E-state index contributed by atoms with van der Waals surface area (Å²) in [5.74, 6) is 5.59. The second kappa shape index (κ2) is 7.00. The summed E-state index contributed by atoms with van der Waals surface area (Å²) in [4.78, 5) is 4.77. The number of likely N-dealkylation sites (N-methyl/N-ethyl adjacent to an activating group) is 1. The van der Waals surface area contributed by atoms with Gasteiger partial charge in [-0.25, -0.2) is 5.53 Å². The molecule has 3 N–H and O–H groups in total. The molecule has 1 aromatic carbocycles. The van der Waals surface area contributed by atoms with E-state index >= 15 is 0 Å². The molecule has 20 heavy (non-hydrogen) atoms. The van der Waals surface area contributed by atoms with E-state index in [1.54, 1.807) is 0 Å². The van der Waals surface area contributed by atoms with Gasteiger partial charge in [0.1, 0.15) is 0 Å². The molecule has 0 atom stereocenters. The monoisotopic (exact) mass is 274 g/mol. The minimum Gasteiger partial charge on any atom is -0.369 e. The quantitative estimate of drug-likeness (QED) is 0.288. The molecule has 108 valence electrons. The number of piperazine rings is 1. The summed E-state index contributed by atoms with van der Waals surface area (Å²) in [6.07, 6.45) is 1.41. The summed E-state index contributed by atoms with van der Waals surface area (Å²) in [5, 5.41) is 6.84. The molecule has 1 aromatic rings. The highest BCUT2D eigenvalue weighted by Crippen LogP contribution is 2.23. The van der Waals surface area contributed by atoms with Gasteiger partial charge in [-0.1, -0.05) is 18.2 Å². The molecule has 6 heteroatoms. The number of anilines is 1. The van der Waals surface area contributed by atoms with Gasteiger partial charge in [0, 0.05) is 38.3 Å². The second-order valence-electron chi connectivity index (χ2n) is 5.08. The molecule has 0 saturated carbocycles. The molecule has 6 nitrogen and oxygen atoms in total. The van der Waals surface area contributed by atoms with Gasteiger partial charge < -0.3 is 15.6 Å². The number of nitrogens with zero attached hydrogens (tertiary/aromatic N) is 4. The van der Waals surface area contributed by atoms with Gasteiger partial charge in [0.15, 0.2) is 5.84 Å². The Labute approximate surface area is 119 Å². The lowest BCUT2D eigenvalue weighted by molar-refractivity contribution is 0.312. The Balaban J connectivity index is 2.08. The average Bonchev–Trinajstić information content (AvgIpc) is 2.50. The summed E-state index contributed by atoms with van der Waals surface area (Å²) in [6.45, 7) is 4.28. The van der Waals surface area contributed by atoms with Crippen LogP contribution in [-0.2, 0) is 6.42 Å². The first-order chi connectivity index (χ1) is 9.74. The third-order valence-electron chi connectivity index (χ3n) is 3.73. The predicted octanol–water partition coefficient (Wildman–Crippen LogP) is 1.67. The number of amidine groups is 1. The van der Waals surface area contributed by atoms with Crippen LogP contribution in [0, 0.1) is 5.53 Å². The average molecular weight is 274 g/mol. The molecule has 0 radical (unpaired) electrons. The van der Waals surface area contributed by atoms with Crippen molar-refractivity contribution in [1.29, 1.82) is 5.53 Å². The van der Waals surface area contributed by atoms with Crippen molar-refractivity contribution in [1.82, 2.24) is 4.90 Å². The van der Waals surface area contributed by atoms with Crippen LogP contribution in [0.1, 0.15) is 12.0 Å². The zero-order valence-electron chi connectivity index (χ0n) is 11.9. The molecule has 0 unspecified atom stereocenters. The third-order valence-corrected chi connectivity index (χ3v) is 3.73. The summed E-state index contributed by atoms with van der Waals surface area (Å²) in [6, 6.07) is 8.42. The van der Waals surface area contributed by atoms with Crippen LogP contribution in [0.15, 0.2) is 34.5 Å². The van der Waals surface area contributed by atoms with Crippen LogP contribution in [0.2, 0.25) is 0 Å². The molecule has 0 amide bonds. The van der Waals surface area contributed by atoms with E-state index in [4.69, 9.17) is 11.4 Å². The minimum absolute atomic E-state index is 0.387. The first-order valence-electron chi connectivity index (χ1n) is 6.90. The minimum atomic E-state index is 0.387. The number of hydrogen-bond donors (Lipinski definition) is 2. The van der Waals surface area contributed by atoms with Gasteiger partial charge in [0.2, 0.25) is 0 Å². The second-order valence-corrected chi connectivity index (χ2v) is 5.08. The van der Waals surface area contributed by atoms with Crippen LogP contribution in [0.5, 0.6) is 0 Å². The Morgan fingerprint density at radius 1 is 1.25 bits per heavy atom. The topological polar surface area (TPSA) is 81.1 Å². The van der Waals surface area contributed by atoms with Gasteiger partial charge in [0.25, 0.3) is 0 Å². The summed E-state index contributed by atoms with van der Waals surface area (Å²) in [7, 11) is 2.16. The number of aryl methyl sites for hydroxylation is 1. The van der Waals surface area contributed by atoms with Gasteiger partial charge >= 0.3 is 0 Å². The fourth-order valence-corrected chi connectivity index (χ4v) is 2.47. The smallest absolute Gasteiger partial charge is 0.170 e. The van der Waals surface area contributed by atoms with Gasteiger partial charge in [-0.2, -0.15) is 5.10 Å². The third kappa shape index (κ3) is 3.54. The lowest BCUT2D eigenvalue weighted by atomic mass is 10.1. The van der Waals surface area contributed by atoms with E-state index in [-0.39, 0.29) is 0 Å². The van der Waals surface area contributed by atoms with Crippen LogP contribution >= 0.6 is 0 Å². The van der Waals surface area contributed by atoms with Crippen LogP contribution in [-0.4, -0.2) is 44.0 Å². The Hall–Kier alpha value is -1.95. The number of hydrogen-bond acceptors (Lipinski definition) is 5. The van der Waals surface area contributed by atoms with E-state index in [1.807, 2.05) is 6.07 Å². The van der Waals surface area contributed by atoms with Crippen LogP contribution in [0.4, 0.5) is 5.69 Å². The summed E-state index contributed by atoms with van der Waals surface area (Å²) in [5.41, 5.74) is 9.54. The molecule has 0 aromatic heterocycles. The SMILES string of the molecule is CN1CCN(c2ccccc2CC/C(N=N)=N/N)CC1. The van der Waals surface area contributed by atoms with Crippen molar-refractivity contribution < 1.29 is 0 Å². The maximum absolute atomic E-state index is 7.00. The molecule has 2 rings (SSSR count). The molecule has 1 fully saturated rings. The van der Waals surface area contributed by atoms with E-state index in [2.05, 4.69) is 45.3 Å². The molecule has 1 aliphatic heterocycles. The normalized spacial score (nSPS) is 17.2. The van der Waals surface area contributed by atoms with Crippen molar-refractivity contribution in [3.8, 4) is 0 Å². The molecular formula is C14H22N6. The number of nitrogens with two attached hydrogens (primary N) is 1. The van der Waals surface area contributed by atoms with Crippen molar-refractivity contribution in [2.45, 2.75) is 12.8 Å². The van der Waals surface area contributed by atoms with Crippen LogP contribution in [0.25, 0.3) is 0 Å². The standard InChI is InChI=1S/C14H22N6/c1-19-8-10-20(11-9-19)13-5-3-2-4-12(13)6-7-14(17-15)18-16/h2-5,15H,6-11,16H2,1H3/b17-15?,18-14-. The zero-order valence-corrected chi connectivity index (χ0v) is 11.9. The van der Waals surface area contributed by atoms with E-state index < -0.39 is 0 Å². The molecule has 1 aliphatic rings. The van der Waals surface area contributed by atoms with Crippen molar-refractivity contribution in [2.24, 2.45) is 16.1 Å². The fourth-order valence-electron chi connectivity index (χ4n) is 2.47. The molecule has 0 bridgehead atoms. The number of hydrazone groups is 1. The predicted molar refractivity (Wildman–Crippen MR) is 81.2 cm³/mol. The van der Waals surface area contributed by atoms with Gasteiger partial charge in [-0.3, -0.25) is 0 Å².